The van der Waals surface area contributed by atoms with Gasteiger partial charge < -0.3 is 21.3 Å². The van der Waals surface area contributed by atoms with E-state index in [1.165, 1.54) is 36.4 Å². The largest absolute Gasteiger partial charge is 0.477 e. The minimum absolute atomic E-state index is 0.0169. The molecule has 0 fully saturated rings. The number of primary amides is 1. The zero-order chi connectivity index (χ0) is 14.7. The van der Waals surface area contributed by atoms with Gasteiger partial charge in [0.1, 0.15) is 5.75 Å². The number of carboxylic acids is 1. The van der Waals surface area contributed by atoms with Crippen LogP contribution in [0.5, 0.6) is 11.6 Å². The van der Waals surface area contributed by atoms with Crippen molar-refractivity contribution in [3.63, 3.8) is 0 Å². The molecule has 1 aromatic heterocycles. The van der Waals surface area contributed by atoms with Gasteiger partial charge in [0.15, 0.2) is 5.69 Å². The van der Waals surface area contributed by atoms with Gasteiger partial charge in [0.2, 0.25) is 11.8 Å². The predicted molar refractivity (Wildman–Crippen MR) is 70.6 cm³/mol. The van der Waals surface area contributed by atoms with Crippen LogP contribution in [0.25, 0.3) is 0 Å². The number of aromatic carboxylic acids is 1. The van der Waals surface area contributed by atoms with Crippen LogP contribution in [-0.4, -0.2) is 22.0 Å². The average Bonchev–Trinajstić information content (AvgIpc) is 2.41. The number of aromatic nitrogens is 1. The molecule has 0 saturated heterocycles. The molecule has 2 aromatic rings. The van der Waals surface area contributed by atoms with E-state index in [1.54, 1.807) is 0 Å². The van der Waals surface area contributed by atoms with E-state index in [0.29, 0.717) is 11.3 Å². The Morgan fingerprint density at radius 2 is 1.75 bits per heavy atom. The fourth-order valence-corrected chi connectivity index (χ4v) is 1.45. The van der Waals surface area contributed by atoms with Crippen molar-refractivity contribution < 1.29 is 19.4 Å². The summed E-state index contributed by atoms with van der Waals surface area (Å²) in [5.74, 6) is -1.39. The highest BCUT2D eigenvalue weighted by Crippen LogP contribution is 2.25. The van der Waals surface area contributed by atoms with E-state index in [1.807, 2.05) is 0 Å². The first-order chi connectivity index (χ1) is 9.47. The number of carboxylic acid groups (broad SMARTS) is 1. The number of carbonyl (C=O) groups excluding carboxylic acids is 1. The van der Waals surface area contributed by atoms with Crippen LogP contribution in [0.1, 0.15) is 20.8 Å². The van der Waals surface area contributed by atoms with Crippen LogP contribution >= 0.6 is 0 Å². The van der Waals surface area contributed by atoms with Gasteiger partial charge in [-0.2, -0.15) is 0 Å². The third-order valence-electron chi connectivity index (χ3n) is 2.46. The van der Waals surface area contributed by atoms with Crippen molar-refractivity contribution in [2.45, 2.75) is 0 Å². The molecule has 20 heavy (non-hydrogen) atoms. The Hall–Kier alpha value is -3.09. The third kappa shape index (κ3) is 2.83. The summed E-state index contributed by atoms with van der Waals surface area (Å²) in [6, 6.07) is 8.65. The molecule has 0 spiro atoms. The summed E-state index contributed by atoms with van der Waals surface area (Å²) in [6.07, 6.45) is 0. The van der Waals surface area contributed by atoms with Crippen LogP contribution in [0.3, 0.4) is 0 Å². The van der Waals surface area contributed by atoms with Crippen LogP contribution in [0, 0.1) is 0 Å². The fourth-order valence-electron chi connectivity index (χ4n) is 1.45. The van der Waals surface area contributed by atoms with Gasteiger partial charge in [-0.1, -0.05) is 0 Å². The first-order valence-electron chi connectivity index (χ1n) is 5.55. The Labute approximate surface area is 113 Å². The van der Waals surface area contributed by atoms with Crippen LogP contribution < -0.4 is 16.2 Å². The summed E-state index contributed by atoms with van der Waals surface area (Å²) in [5.41, 5.74) is 11.1. The molecule has 1 heterocycles. The number of ether oxygens (including phenoxy) is 1. The summed E-state index contributed by atoms with van der Waals surface area (Å²) >= 11 is 0. The van der Waals surface area contributed by atoms with Crippen molar-refractivity contribution in [2.24, 2.45) is 5.73 Å². The lowest BCUT2D eigenvalue weighted by Crippen LogP contribution is -2.10. The van der Waals surface area contributed by atoms with E-state index in [2.05, 4.69) is 4.98 Å². The number of hydrogen-bond acceptors (Lipinski definition) is 5. The molecule has 7 heteroatoms. The second-order valence-electron chi connectivity index (χ2n) is 3.89. The molecule has 0 radical (unpaired) electrons. The van der Waals surface area contributed by atoms with E-state index in [-0.39, 0.29) is 17.3 Å². The first kappa shape index (κ1) is 13.3. The van der Waals surface area contributed by atoms with Gasteiger partial charge in [0, 0.05) is 5.56 Å². The van der Waals surface area contributed by atoms with Crippen molar-refractivity contribution in [1.29, 1.82) is 0 Å². The standard InChI is InChI=1S/C13H11N3O4/c14-9-5-6-10(13(18)19)16-12(9)20-8-3-1-7(2-4-8)11(15)17/h1-6H,14H2,(H2,15,17)(H,18,19). The molecule has 0 unspecified atom stereocenters. The van der Waals surface area contributed by atoms with Gasteiger partial charge in [-0.05, 0) is 36.4 Å². The second-order valence-corrected chi connectivity index (χ2v) is 3.89. The van der Waals surface area contributed by atoms with Crippen molar-refractivity contribution in [2.75, 3.05) is 5.73 Å². The summed E-state index contributed by atoms with van der Waals surface area (Å²) in [6.45, 7) is 0. The maximum absolute atomic E-state index is 10.9. The van der Waals surface area contributed by atoms with Crippen LogP contribution in [0.15, 0.2) is 36.4 Å². The Morgan fingerprint density at radius 3 is 2.30 bits per heavy atom. The van der Waals surface area contributed by atoms with Gasteiger partial charge in [-0.25, -0.2) is 9.78 Å². The molecule has 0 saturated carbocycles. The quantitative estimate of drug-likeness (QED) is 0.768. The summed E-state index contributed by atoms with van der Waals surface area (Å²) in [7, 11) is 0. The lowest BCUT2D eigenvalue weighted by Gasteiger charge is -2.08. The minimum atomic E-state index is -1.18. The van der Waals surface area contributed by atoms with E-state index in [4.69, 9.17) is 21.3 Å². The molecule has 0 aliphatic carbocycles. The van der Waals surface area contributed by atoms with Crippen molar-refractivity contribution >= 4 is 17.6 Å². The highest BCUT2D eigenvalue weighted by molar-refractivity contribution is 5.92. The molecule has 2 rings (SSSR count). The summed E-state index contributed by atoms with van der Waals surface area (Å²) in [5, 5.41) is 8.85. The second kappa shape index (κ2) is 5.27. The monoisotopic (exact) mass is 273 g/mol. The van der Waals surface area contributed by atoms with Crippen molar-refractivity contribution in [3.05, 3.63) is 47.7 Å². The highest BCUT2D eigenvalue weighted by atomic mass is 16.5. The Kier molecular flexibility index (Phi) is 3.52. The lowest BCUT2D eigenvalue weighted by molar-refractivity contribution is 0.0689. The molecule has 0 atom stereocenters. The van der Waals surface area contributed by atoms with Crippen LogP contribution in [0.2, 0.25) is 0 Å². The number of nitrogen functional groups attached to an aromatic ring is 1. The molecule has 5 N–H and O–H groups in total. The average molecular weight is 273 g/mol. The van der Waals surface area contributed by atoms with Gasteiger partial charge in [0.05, 0.1) is 5.69 Å². The van der Waals surface area contributed by atoms with Gasteiger partial charge >= 0.3 is 5.97 Å². The number of pyridine rings is 1. The van der Waals surface area contributed by atoms with E-state index in [9.17, 15) is 9.59 Å². The fraction of sp³-hybridized carbons (Fsp3) is 0. The molecule has 1 aromatic carbocycles. The van der Waals surface area contributed by atoms with Gasteiger partial charge in [-0.3, -0.25) is 4.79 Å². The predicted octanol–water partition coefficient (Wildman–Crippen LogP) is 1.25. The number of carbonyl (C=O) groups is 2. The van der Waals surface area contributed by atoms with Gasteiger partial charge in [-0.15, -0.1) is 0 Å². The summed E-state index contributed by atoms with van der Waals surface area (Å²) < 4.78 is 5.38. The maximum Gasteiger partial charge on any atom is 0.354 e. The number of rotatable bonds is 4. The number of nitrogens with zero attached hydrogens (tertiary/aromatic N) is 1. The Morgan fingerprint density at radius 1 is 1.10 bits per heavy atom. The van der Waals surface area contributed by atoms with E-state index >= 15 is 0 Å². The van der Waals surface area contributed by atoms with E-state index in [0.717, 1.165) is 0 Å². The molecule has 7 nitrogen and oxygen atoms in total. The number of hydrogen-bond donors (Lipinski definition) is 3. The Bertz CT molecular complexity index is 668. The molecule has 0 aliphatic heterocycles. The van der Waals surface area contributed by atoms with E-state index < -0.39 is 11.9 Å². The first-order valence-corrected chi connectivity index (χ1v) is 5.55. The molecule has 102 valence electrons. The number of amides is 1. The van der Waals surface area contributed by atoms with Crippen molar-refractivity contribution in [3.8, 4) is 11.6 Å². The zero-order valence-corrected chi connectivity index (χ0v) is 10.2. The molecule has 0 bridgehead atoms. The molecule has 1 amide bonds. The van der Waals surface area contributed by atoms with Crippen LogP contribution in [0.4, 0.5) is 5.69 Å². The zero-order valence-electron chi connectivity index (χ0n) is 10.2. The Balaban J connectivity index is 2.27. The third-order valence-corrected chi connectivity index (χ3v) is 2.46. The normalized spacial score (nSPS) is 10.0. The molecular formula is C13H11N3O4. The smallest absolute Gasteiger partial charge is 0.354 e. The minimum Gasteiger partial charge on any atom is -0.477 e. The lowest BCUT2D eigenvalue weighted by atomic mass is 10.2. The van der Waals surface area contributed by atoms with Gasteiger partial charge in [0.25, 0.3) is 0 Å². The molecular weight excluding hydrogens is 262 g/mol. The highest BCUT2D eigenvalue weighted by Gasteiger charge is 2.10. The topological polar surface area (TPSA) is 129 Å². The van der Waals surface area contributed by atoms with Crippen LogP contribution in [-0.2, 0) is 0 Å². The molecule has 0 aliphatic rings. The maximum atomic E-state index is 10.9. The number of anilines is 1. The number of benzene rings is 1. The van der Waals surface area contributed by atoms with Crippen molar-refractivity contribution in [1.82, 2.24) is 4.98 Å². The SMILES string of the molecule is NC(=O)c1ccc(Oc2nc(C(=O)O)ccc2N)cc1. The summed E-state index contributed by atoms with van der Waals surface area (Å²) in [4.78, 5) is 25.5. The number of nitrogens with two attached hydrogens (primary N) is 2.